The van der Waals surface area contributed by atoms with Crippen LogP contribution in [0.5, 0.6) is 0 Å². The number of thiophene rings is 1. The summed E-state index contributed by atoms with van der Waals surface area (Å²) in [6.07, 6.45) is 0.957. The van der Waals surface area contributed by atoms with E-state index in [1.807, 2.05) is 30.3 Å². The van der Waals surface area contributed by atoms with Gasteiger partial charge < -0.3 is 15.7 Å². The lowest BCUT2D eigenvalue weighted by molar-refractivity contribution is 0.265. The topological polar surface area (TPSA) is 56.7 Å². The van der Waals surface area contributed by atoms with Gasteiger partial charge >= 0.3 is 0 Å². The molecule has 0 amide bonds. The Hall–Kier alpha value is -0.640. The highest BCUT2D eigenvalue weighted by Crippen LogP contribution is 2.22. The smallest absolute Gasteiger partial charge is 0.191 e. The van der Waals surface area contributed by atoms with Gasteiger partial charge in [0.15, 0.2) is 5.96 Å². The summed E-state index contributed by atoms with van der Waals surface area (Å²) in [4.78, 5) is 5.56. The first-order valence-electron chi connectivity index (χ1n) is 7.57. The number of benzene rings is 1. The van der Waals surface area contributed by atoms with Gasteiger partial charge in [-0.25, -0.2) is 0 Å². The molecule has 2 rings (SSSR count). The van der Waals surface area contributed by atoms with Crippen LogP contribution in [0.3, 0.4) is 0 Å². The number of guanidine groups is 1. The van der Waals surface area contributed by atoms with Crippen molar-refractivity contribution in [3.05, 3.63) is 56.7 Å². The molecule has 0 aliphatic rings. The van der Waals surface area contributed by atoms with Gasteiger partial charge in [0.1, 0.15) is 0 Å². The summed E-state index contributed by atoms with van der Waals surface area (Å²) < 4.78 is 1.16. The van der Waals surface area contributed by atoms with Crippen molar-refractivity contribution in [1.82, 2.24) is 10.6 Å². The van der Waals surface area contributed by atoms with E-state index in [4.69, 9.17) is 0 Å². The maximum absolute atomic E-state index is 9.59. The average Bonchev–Trinajstić information content (AvgIpc) is 3.00. The van der Waals surface area contributed by atoms with E-state index in [9.17, 15) is 5.11 Å². The third-order valence-corrected chi connectivity index (χ3v) is 5.21. The van der Waals surface area contributed by atoms with Crippen molar-refractivity contribution >= 4 is 57.2 Å². The van der Waals surface area contributed by atoms with Gasteiger partial charge in [0.05, 0.1) is 10.4 Å². The second-order valence-corrected chi connectivity index (χ2v) is 7.67. The van der Waals surface area contributed by atoms with Crippen LogP contribution in [0.25, 0.3) is 0 Å². The molecule has 1 aromatic carbocycles. The number of aliphatic hydroxyl groups is 1. The van der Waals surface area contributed by atoms with Gasteiger partial charge in [-0.2, -0.15) is 0 Å². The van der Waals surface area contributed by atoms with E-state index in [1.54, 1.807) is 18.4 Å². The molecule has 0 radical (unpaired) electrons. The maximum atomic E-state index is 9.59. The van der Waals surface area contributed by atoms with Gasteiger partial charge in [-0.05, 0) is 40.0 Å². The van der Waals surface area contributed by atoms with Crippen molar-refractivity contribution in [2.75, 3.05) is 26.7 Å². The summed E-state index contributed by atoms with van der Waals surface area (Å²) in [6.45, 7) is 1.57. The fourth-order valence-electron chi connectivity index (χ4n) is 2.24. The van der Waals surface area contributed by atoms with E-state index in [0.717, 1.165) is 28.3 Å². The first-order chi connectivity index (χ1) is 11.2. The van der Waals surface area contributed by atoms with Crippen LogP contribution in [0.2, 0.25) is 0 Å². The van der Waals surface area contributed by atoms with E-state index in [2.05, 4.69) is 43.7 Å². The van der Waals surface area contributed by atoms with E-state index in [0.29, 0.717) is 6.54 Å². The fraction of sp³-hybridized carbons (Fsp3) is 0.353. The van der Waals surface area contributed by atoms with Crippen molar-refractivity contribution in [2.45, 2.75) is 12.3 Å². The van der Waals surface area contributed by atoms with E-state index in [-0.39, 0.29) is 36.5 Å². The number of hydrogen-bond donors (Lipinski definition) is 3. The summed E-state index contributed by atoms with van der Waals surface area (Å²) in [5, 5.41) is 16.2. The highest BCUT2D eigenvalue weighted by atomic mass is 127. The molecule has 2 aromatic rings. The molecular formula is C17H23BrIN3OS. The molecule has 0 bridgehead atoms. The number of halogens is 2. The molecule has 1 atom stereocenters. The van der Waals surface area contributed by atoms with Crippen LogP contribution < -0.4 is 10.6 Å². The number of aliphatic hydroxyl groups excluding tert-OH is 1. The van der Waals surface area contributed by atoms with Gasteiger partial charge in [-0.15, -0.1) is 35.3 Å². The lowest BCUT2D eigenvalue weighted by atomic mass is 10.0. The second-order valence-electron chi connectivity index (χ2n) is 5.13. The van der Waals surface area contributed by atoms with Crippen molar-refractivity contribution in [2.24, 2.45) is 4.99 Å². The van der Waals surface area contributed by atoms with Crippen molar-refractivity contribution in [1.29, 1.82) is 0 Å². The summed E-state index contributed by atoms with van der Waals surface area (Å²) in [6, 6.07) is 14.2. The predicted octanol–water partition coefficient (Wildman–Crippen LogP) is 3.61. The Labute approximate surface area is 172 Å². The standard InChI is InChI=1S/C17H22BrN3OS.HI/c1-19-17(20-10-9-15-7-8-16(18)23-15)21-11-14(12-22)13-5-3-2-4-6-13;/h2-8,14,22H,9-12H2,1H3,(H2,19,20,21);1H. The molecule has 0 aliphatic heterocycles. The molecule has 132 valence electrons. The number of aliphatic imine (C=N–C) groups is 1. The number of rotatable bonds is 7. The minimum Gasteiger partial charge on any atom is -0.396 e. The molecule has 0 saturated carbocycles. The number of nitrogens with zero attached hydrogens (tertiary/aromatic N) is 1. The number of nitrogens with one attached hydrogen (secondary N) is 2. The Morgan fingerprint density at radius 1 is 1.21 bits per heavy atom. The molecule has 4 nitrogen and oxygen atoms in total. The predicted molar refractivity (Wildman–Crippen MR) is 117 cm³/mol. The molecule has 3 N–H and O–H groups in total. The minimum atomic E-state index is 0. The zero-order chi connectivity index (χ0) is 16.5. The first kappa shape index (κ1) is 21.4. The van der Waals surface area contributed by atoms with Crippen molar-refractivity contribution < 1.29 is 5.11 Å². The first-order valence-corrected chi connectivity index (χ1v) is 9.18. The summed E-state index contributed by atoms with van der Waals surface area (Å²) in [5.74, 6) is 0.818. The van der Waals surface area contributed by atoms with Crippen LogP contribution in [-0.2, 0) is 6.42 Å². The quantitative estimate of drug-likeness (QED) is 0.295. The Bertz CT molecular complexity index is 621. The Kier molecular flexibility index (Phi) is 10.6. The Morgan fingerprint density at radius 2 is 1.96 bits per heavy atom. The van der Waals surface area contributed by atoms with Crippen LogP contribution in [0.15, 0.2) is 51.2 Å². The molecule has 1 heterocycles. The summed E-state index contributed by atoms with van der Waals surface area (Å²) >= 11 is 5.23. The third kappa shape index (κ3) is 7.08. The zero-order valence-electron chi connectivity index (χ0n) is 13.5. The van der Waals surface area contributed by atoms with Gasteiger partial charge in [0.2, 0.25) is 0 Å². The molecule has 0 aliphatic carbocycles. The van der Waals surface area contributed by atoms with Crippen molar-refractivity contribution in [3.8, 4) is 0 Å². The van der Waals surface area contributed by atoms with Gasteiger partial charge in [-0.3, -0.25) is 4.99 Å². The van der Waals surface area contributed by atoms with Gasteiger partial charge in [-0.1, -0.05) is 30.3 Å². The van der Waals surface area contributed by atoms with Gasteiger partial charge in [0.25, 0.3) is 0 Å². The largest absolute Gasteiger partial charge is 0.396 e. The molecule has 0 spiro atoms. The lowest BCUT2D eigenvalue weighted by Gasteiger charge is -2.18. The zero-order valence-corrected chi connectivity index (χ0v) is 18.3. The molecule has 7 heteroatoms. The van der Waals surface area contributed by atoms with Crippen LogP contribution in [0.4, 0.5) is 0 Å². The number of hydrogen-bond acceptors (Lipinski definition) is 3. The summed E-state index contributed by atoms with van der Waals surface area (Å²) in [7, 11) is 1.76. The van der Waals surface area contributed by atoms with Gasteiger partial charge in [0, 0.05) is 30.9 Å². The van der Waals surface area contributed by atoms with E-state index in [1.165, 1.54) is 4.88 Å². The highest BCUT2D eigenvalue weighted by Gasteiger charge is 2.10. The van der Waals surface area contributed by atoms with E-state index < -0.39 is 0 Å². The average molecular weight is 524 g/mol. The van der Waals surface area contributed by atoms with Crippen molar-refractivity contribution in [3.63, 3.8) is 0 Å². The fourth-order valence-corrected chi connectivity index (χ4v) is 3.73. The Morgan fingerprint density at radius 3 is 2.54 bits per heavy atom. The lowest BCUT2D eigenvalue weighted by Crippen LogP contribution is -2.40. The Balaban J connectivity index is 0.00000288. The molecule has 0 saturated heterocycles. The molecule has 24 heavy (non-hydrogen) atoms. The normalized spacial score (nSPS) is 12.4. The second kappa shape index (κ2) is 11.8. The van der Waals surface area contributed by atoms with E-state index >= 15 is 0 Å². The molecule has 0 fully saturated rings. The van der Waals surface area contributed by atoms with Crippen LogP contribution in [0.1, 0.15) is 16.4 Å². The van der Waals surface area contributed by atoms with Crippen LogP contribution >= 0.6 is 51.2 Å². The molecule has 1 aromatic heterocycles. The minimum absolute atomic E-state index is 0. The molecule has 1 unspecified atom stereocenters. The third-order valence-electron chi connectivity index (χ3n) is 3.52. The summed E-state index contributed by atoms with van der Waals surface area (Å²) in [5.41, 5.74) is 1.13. The highest BCUT2D eigenvalue weighted by molar-refractivity contribution is 14.0. The van der Waals surface area contributed by atoms with Crippen LogP contribution in [0, 0.1) is 0 Å². The van der Waals surface area contributed by atoms with Crippen LogP contribution in [-0.4, -0.2) is 37.8 Å². The monoisotopic (exact) mass is 523 g/mol. The molecular weight excluding hydrogens is 501 g/mol. The maximum Gasteiger partial charge on any atom is 0.191 e. The SMILES string of the molecule is CN=C(NCCc1ccc(Br)s1)NCC(CO)c1ccccc1.I.